The second-order valence-electron chi connectivity index (χ2n) is 21.9. The number of unbranched alkanes of at least 4 members (excludes halogenated alkanes) is 44. The second kappa shape index (κ2) is 57.3. The lowest BCUT2D eigenvalue weighted by molar-refractivity contribution is -0.167. The minimum atomic E-state index is -0.762. The lowest BCUT2D eigenvalue weighted by Gasteiger charge is -2.18. The molecule has 0 saturated heterocycles. The molecule has 6 nitrogen and oxygen atoms in total. The summed E-state index contributed by atoms with van der Waals surface area (Å²) in [6, 6.07) is 0. The molecular formula is C63H122O6. The van der Waals surface area contributed by atoms with Crippen molar-refractivity contribution in [2.24, 2.45) is 5.92 Å². The van der Waals surface area contributed by atoms with Gasteiger partial charge in [0.25, 0.3) is 0 Å². The molecule has 0 aromatic rings. The molecule has 1 unspecified atom stereocenters. The summed E-state index contributed by atoms with van der Waals surface area (Å²) in [6.45, 7) is 9.12. The number of ether oxygens (including phenoxy) is 3. The summed E-state index contributed by atoms with van der Waals surface area (Å²) in [4.78, 5) is 38.2. The van der Waals surface area contributed by atoms with E-state index < -0.39 is 6.10 Å². The van der Waals surface area contributed by atoms with Gasteiger partial charge in [0.2, 0.25) is 0 Å². The van der Waals surface area contributed by atoms with Crippen LogP contribution in [-0.2, 0) is 28.6 Å². The molecule has 0 aliphatic rings. The number of hydrogen-bond acceptors (Lipinski definition) is 6. The van der Waals surface area contributed by atoms with Crippen molar-refractivity contribution < 1.29 is 28.6 Å². The van der Waals surface area contributed by atoms with Crippen LogP contribution in [0.5, 0.6) is 0 Å². The highest BCUT2D eigenvalue weighted by Crippen LogP contribution is 2.19. The predicted molar refractivity (Wildman–Crippen MR) is 298 cm³/mol. The Morgan fingerprint density at radius 2 is 0.507 bits per heavy atom. The van der Waals surface area contributed by atoms with Gasteiger partial charge in [-0.1, -0.05) is 323 Å². The standard InChI is InChI=1S/C63H122O6/c1-5-8-10-12-14-16-18-19-20-21-25-28-31-35-38-42-46-50-54-61(64)67-57-60(69-63(66)56-52-48-44-40-33-17-15-13-11-9-6-2)58-68-62(65)55-51-47-43-39-36-32-29-26-23-22-24-27-30-34-37-41-45-49-53-59(4)7-3/h59-60H,5-58H2,1-4H3/t59?,60-/m1/s1. The zero-order chi connectivity index (χ0) is 50.2. The van der Waals surface area contributed by atoms with Crippen LogP contribution in [0.4, 0.5) is 0 Å². The smallest absolute Gasteiger partial charge is 0.306 e. The summed E-state index contributed by atoms with van der Waals surface area (Å²) in [7, 11) is 0. The molecule has 0 aliphatic heterocycles. The van der Waals surface area contributed by atoms with Crippen LogP contribution >= 0.6 is 0 Å². The van der Waals surface area contributed by atoms with Gasteiger partial charge in [0.05, 0.1) is 0 Å². The van der Waals surface area contributed by atoms with Crippen LogP contribution in [0.1, 0.15) is 362 Å². The molecule has 0 fully saturated rings. The van der Waals surface area contributed by atoms with Crippen LogP contribution in [-0.4, -0.2) is 37.2 Å². The van der Waals surface area contributed by atoms with Gasteiger partial charge in [0, 0.05) is 19.3 Å². The Hall–Kier alpha value is -1.59. The van der Waals surface area contributed by atoms with Gasteiger partial charge < -0.3 is 14.2 Å². The Labute approximate surface area is 431 Å². The first kappa shape index (κ1) is 67.4. The molecule has 0 N–H and O–H groups in total. The van der Waals surface area contributed by atoms with Crippen LogP contribution in [0.3, 0.4) is 0 Å². The maximum absolute atomic E-state index is 12.8. The van der Waals surface area contributed by atoms with E-state index in [4.69, 9.17) is 14.2 Å². The molecule has 0 aromatic heterocycles. The summed E-state index contributed by atoms with van der Waals surface area (Å²) in [5.74, 6) is 0.0790. The zero-order valence-corrected chi connectivity index (χ0v) is 47.3. The molecule has 0 rings (SSSR count). The first-order valence-electron chi connectivity index (χ1n) is 31.4. The fourth-order valence-corrected chi connectivity index (χ4v) is 9.78. The van der Waals surface area contributed by atoms with E-state index in [0.717, 1.165) is 63.7 Å². The molecule has 0 heterocycles. The fraction of sp³-hybridized carbons (Fsp3) is 0.952. The Balaban J connectivity index is 4.18. The molecule has 0 radical (unpaired) electrons. The number of rotatable bonds is 58. The second-order valence-corrected chi connectivity index (χ2v) is 21.9. The van der Waals surface area contributed by atoms with Gasteiger partial charge >= 0.3 is 17.9 Å². The number of carbonyl (C=O) groups excluding carboxylic acids is 3. The SMILES string of the molecule is CCCCCCCCCCCCCCCCCCCCC(=O)OC[C@H](COC(=O)CCCCCCCCCCCCCCCCCCCCC(C)CC)OC(=O)CCCCCCCCCCCCC. The molecular weight excluding hydrogens is 853 g/mol. The highest BCUT2D eigenvalue weighted by atomic mass is 16.6. The van der Waals surface area contributed by atoms with Crippen molar-refractivity contribution in [1.29, 1.82) is 0 Å². The van der Waals surface area contributed by atoms with Crippen molar-refractivity contribution in [3.63, 3.8) is 0 Å². The molecule has 69 heavy (non-hydrogen) atoms. The Bertz CT molecular complexity index is 1040. The van der Waals surface area contributed by atoms with E-state index in [1.807, 2.05) is 0 Å². The molecule has 0 aromatic carbocycles. The first-order chi connectivity index (χ1) is 33.9. The maximum atomic E-state index is 12.8. The summed E-state index contributed by atoms with van der Waals surface area (Å²) in [5.41, 5.74) is 0. The van der Waals surface area contributed by atoms with Crippen LogP contribution in [0.15, 0.2) is 0 Å². The number of hydrogen-bond donors (Lipinski definition) is 0. The van der Waals surface area contributed by atoms with Crippen molar-refractivity contribution in [1.82, 2.24) is 0 Å². The average Bonchev–Trinajstić information content (AvgIpc) is 3.35. The normalized spacial score (nSPS) is 12.3. The zero-order valence-electron chi connectivity index (χ0n) is 47.3. The summed E-state index contributed by atoms with van der Waals surface area (Å²) in [5, 5.41) is 0. The molecule has 0 spiro atoms. The molecule has 0 amide bonds. The summed E-state index contributed by atoms with van der Waals surface area (Å²) >= 11 is 0. The van der Waals surface area contributed by atoms with E-state index in [9.17, 15) is 14.4 Å². The molecule has 6 heteroatoms. The molecule has 0 aliphatic carbocycles. The predicted octanol–water partition coefficient (Wildman–Crippen LogP) is 21.0. The average molecular weight is 976 g/mol. The minimum Gasteiger partial charge on any atom is -0.462 e. The number of esters is 3. The Morgan fingerprint density at radius 1 is 0.290 bits per heavy atom. The van der Waals surface area contributed by atoms with E-state index in [1.54, 1.807) is 0 Å². The third kappa shape index (κ3) is 55.6. The van der Waals surface area contributed by atoms with Crippen molar-refractivity contribution in [3.05, 3.63) is 0 Å². The van der Waals surface area contributed by atoms with E-state index in [2.05, 4.69) is 27.7 Å². The topological polar surface area (TPSA) is 78.9 Å². The quantitative estimate of drug-likeness (QED) is 0.0343. The highest BCUT2D eigenvalue weighted by Gasteiger charge is 2.19. The van der Waals surface area contributed by atoms with Crippen LogP contribution in [0.25, 0.3) is 0 Å². The third-order valence-electron chi connectivity index (χ3n) is 14.9. The molecule has 0 saturated carbocycles. The van der Waals surface area contributed by atoms with E-state index in [1.165, 1.54) is 257 Å². The Kier molecular flexibility index (Phi) is 56.0. The van der Waals surface area contributed by atoms with Crippen molar-refractivity contribution in [3.8, 4) is 0 Å². The van der Waals surface area contributed by atoms with Gasteiger partial charge in [-0.2, -0.15) is 0 Å². The van der Waals surface area contributed by atoms with Gasteiger partial charge in [0.15, 0.2) is 6.10 Å². The lowest BCUT2D eigenvalue weighted by atomic mass is 9.99. The highest BCUT2D eigenvalue weighted by molar-refractivity contribution is 5.71. The Morgan fingerprint density at radius 3 is 0.754 bits per heavy atom. The van der Waals surface area contributed by atoms with Gasteiger partial charge in [-0.25, -0.2) is 0 Å². The van der Waals surface area contributed by atoms with Gasteiger partial charge in [-0.05, 0) is 25.2 Å². The summed E-state index contributed by atoms with van der Waals surface area (Å²) in [6.07, 6.45) is 63.9. The monoisotopic (exact) mass is 975 g/mol. The molecule has 0 bridgehead atoms. The lowest BCUT2D eigenvalue weighted by Crippen LogP contribution is -2.30. The van der Waals surface area contributed by atoms with Crippen LogP contribution < -0.4 is 0 Å². The maximum Gasteiger partial charge on any atom is 0.306 e. The van der Waals surface area contributed by atoms with E-state index in [-0.39, 0.29) is 31.1 Å². The summed E-state index contributed by atoms with van der Waals surface area (Å²) < 4.78 is 16.9. The third-order valence-corrected chi connectivity index (χ3v) is 14.9. The number of carbonyl (C=O) groups is 3. The largest absolute Gasteiger partial charge is 0.462 e. The van der Waals surface area contributed by atoms with Crippen molar-refractivity contribution in [2.75, 3.05) is 13.2 Å². The van der Waals surface area contributed by atoms with Crippen molar-refractivity contribution >= 4 is 17.9 Å². The van der Waals surface area contributed by atoms with E-state index in [0.29, 0.717) is 19.3 Å². The van der Waals surface area contributed by atoms with Gasteiger partial charge in [-0.3, -0.25) is 14.4 Å². The van der Waals surface area contributed by atoms with E-state index >= 15 is 0 Å². The van der Waals surface area contributed by atoms with Gasteiger partial charge in [0.1, 0.15) is 13.2 Å². The van der Waals surface area contributed by atoms with Crippen LogP contribution in [0.2, 0.25) is 0 Å². The minimum absolute atomic E-state index is 0.0614. The fourth-order valence-electron chi connectivity index (χ4n) is 9.78. The first-order valence-corrected chi connectivity index (χ1v) is 31.4. The van der Waals surface area contributed by atoms with Gasteiger partial charge in [-0.15, -0.1) is 0 Å². The van der Waals surface area contributed by atoms with Crippen LogP contribution in [0, 0.1) is 5.92 Å². The van der Waals surface area contributed by atoms with Crippen molar-refractivity contribution in [2.45, 2.75) is 368 Å². The molecule has 2 atom stereocenters. The molecule has 410 valence electrons.